The minimum absolute atomic E-state index is 0. The van der Waals surface area contributed by atoms with E-state index in [2.05, 4.69) is 33.7 Å². The standard InChI is InChI=1S/C15H32N4S.HI/c1-14-6-11-19(12-7-14)10-4-8-17-15(16-2)18-9-5-13-20-3;/h14H,4-13H2,1-3H3,(H2,16,17,18);1H. The van der Waals surface area contributed by atoms with E-state index in [1.165, 1.54) is 51.1 Å². The van der Waals surface area contributed by atoms with Gasteiger partial charge in [0.1, 0.15) is 0 Å². The topological polar surface area (TPSA) is 39.7 Å². The highest BCUT2D eigenvalue weighted by atomic mass is 127. The van der Waals surface area contributed by atoms with Crippen LogP contribution in [0.3, 0.4) is 0 Å². The molecule has 0 radical (unpaired) electrons. The van der Waals surface area contributed by atoms with Crippen LogP contribution in [0.5, 0.6) is 0 Å². The van der Waals surface area contributed by atoms with Crippen molar-refractivity contribution in [2.45, 2.75) is 32.6 Å². The van der Waals surface area contributed by atoms with Gasteiger partial charge in [-0.15, -0.1) is 24.0 Å². The summed E-state index contributed by atoms with van der Waals surface area (Å²) >= 11 is 1.89. The summed E-state index contributed by atoms with van der Waals surface area (Å²) in [4.78, 5) is 6.85. The summed E-state index contributed by atoms with van der Waals surface area (Å²) in [5, 5.41) is 6.76. The molecule has 0 saturated carbocycles. The minimum Gasteiger partial charge on any atom is -0.356 e. The third-order valence-electron chi connectivity index (χ3n) is 3.86. The second-order valence-electron chi connectivity index (χ2n) is 5.65. The summed E-state index contributed by atoms with van der Waals surface area (Å²) < 4.78 is 0. The van der Waals surface area contributed by atoms with Crippen molar-refractivity contribution in [3.05, 3.63) is 0 Å². The third kappa shape index (κ3) is 10.6. The average Bonchev–Trinajstić information content (AvgIpc) is 2.47. The summed E-state index contributed by atoms with van der Waals surface area (Å²) in [5.41, 5.74) is 0. The van der Waals surface area contributed by atoms with Crippen molar-refractivity contribution in [1.29, 1.82) is 0 Å². The fraction of sp³-hybridized carbons (Fsp3) is 0.933. The number of hydrogen-bond donors (Lipinski definition) is 2. The van der Waals surface area contributed by atoms with E-state index in [9.17, 15) is 0 Å². The molecular formula is C15H33IN4S. The van der Waals surface area contributed by atoms with E-state index in [1.807, 2.05) is 18.8 Å². The van der Waals surface area contributed by atoms with Gasteiger partial charge in [-0.2, -0.15) is 11.8 Å². The molecule has 6 heteroatoms. The van der Waals surface area contributed by atoms with Gasteiger partial charge in [-0.1, -0.05) is 6.92 Å². The average molecular weight is 428 g/mol. The van der Waals surface area contributed by atoms with Gasteiger partial charge in [-0.3, -0.25) is 4.99 Å². The zero-order valence-electron chi connectivity index (χ0n) is 13.9. The molecular weight excluding hydrogens is 395 g/mol. The molecule has 0 aromatic carbocycles. The summed E-state index contributed by atoms with van der Waals surface area (Å²) in [6.07, 6.45) is 7.26. The molecule has 0 amide bonds. The molecule has 0 unspecified atom stereocenters. The first-order chi connectivity index (χ1) is 9.76. The lowest BCUT2D eigenvalue weighted by molar-refractivity contribution is 0.191. The summed E-state index contributed by atoms with van der Waals surface area (Å²) in [6.45, 7) is 8.15. The Bertz CT molecular complexity index is 268. The van der Waals surface area contributed by atoms with Gasteiger partial charge in [-0.05, 0) is 63.2 Å². The Kier molecular flexibility index (Phi) is 14.1. The first-order valence-electron chi connectivity index (χ1n) is 7.92. The highest BCUT2D eigenvalue weighted by molar-refractivity contribution is 14.0. The van der Waals surface area contributed by atoms with Crippen LogP contribution >= 0.6 is 35.7 Å². The molecule has 1 saturated heterocycles. The molecule has 21 heavy (non-hydrogen) atoms. The van der Waals surface area contributed by atoms with Crippen molar-refractivity contribution >= 4 is 41.7 Å². The van der Waals surface area contributed by atoms with Gasteiger partial charge in [0.15, 0.2) is 5.96 Å². The largest absolute Gasteiger partial charge is 0.356 e. The van der Waals surface area contributed by atoms with E-state index >= 15 is 0 Å². The maximum absolute atomic E-state index is 4.25. The number of rotatable bonds is 8. The van der Waals surface area contributed by atoms with E-state index in [-0.39, 0.29) is 24.0 Å². The number of nitrogens with one attached hydrogen (secondary N) is 2. The number of hydrogen-bond acceptors (Lipinski definition) is 3. The van der Waals surface area contributed by atoms with Crippen LogP contribution in [0.25, 0.3) is 0 Å². The van der Waals surface area contributed by atoms with Gasteiger partial charge in [0.25, 0.3) is 0 Å². The van der Waals surface area contributed by atoms with Gasteiger partial charge < -0.3 is 15.5 Å². The van der Waals surface area contributed by atoms with E-state index in [1.54, 1.807) is 0 Å². The Morgan fingerprint density at radius 1 is 1.19 bits per heavy atom. The SMILES string of the molecule is CN=C(NCCCSC)NCCCN1CCC(C)CC1.I. The van der Waals surface area contributed by atoms with Crippen molar-refractivity contribution in [1.82, 2.24) is 15.5 Å². The van der Waals surface area contributed by atoms with E-state index in [4.69, 9.17) is 0 Å². The molecule has 0 spiro atoms. The van der Waals surface area contributed by atoms with Gasteiger partial charge in [0.2, 0.25) is 0 Å². The minimum atomic E-state index is 0. The fourth-order valence-electron chi connectivity index (χ4n) is 2.44. The molecule has 1 aliphatic rings. The smallest absolute Gasteiger partial charge is 0.190 e. The molecule has 1 fully saturated rings. The Balaban J connectivity index is 0.00000400. The van der Waals surface area contributed by atoms with Crippen molar-refractivity contribution in [2.24, 2.45) is 10.9 Å². The fourth-order valence-corrected chi connectivity index (χ4v) is 2.87. The molecule has 4 nitrogen and oxygen atoms in total. The number of aliphatic imine (C=N–C) groups is 1. The normalized spacial score (nSPS) is 17.4. The lowest BCUT2D eigenvalue weighted by Gasteiger charge is -2.30. The van der Waals surface area contributed by atoms with E-state index in [0.29, 0.717) is 0 Å². The second-order valence-corrected chi connectivity index (χ2v) is 6.64. The predicted octanol–water partition coefficient (Wildman–Crippen LogP) is 2.64. The number of halogens is 1. The Morgan fingerprint density at radius 2 is 1.81 bits per heavy atom. The number of guanidine groups is 1. The van der Waals surface area contributed by atoms with E-state index < -0.39 is 0 Å². The summed E-state index contributed by atoms with van der Waals surface area (Å²) in [6, 6.07) is 0. The molecule has 126 valence electrons. The van der Waals surface area contributed by atoms with Crippen LogP contribution in [0.2, 0.25) is 0 Å². The first kappa shape index (κ1) is 21.3. The van der Waals surface area contributed by atoms with Crippen molar-refractivity contribution in [3.8, 4) is 0 Å². The molecule has 1 aliphatic heterocycles. The highest BCUT2D eigenvalue weighted by Crippen LogP contribution is 2.15. The van der Waals surface area contributed by atoms with Crippen LogP contribution in [-0.2, 0) is 0 Å². The maximum atomic E-state index is 4.25. The number of thioether (sulfide) groups is 1. The molecule has 0 bridgehead atoms. The molecule has 1 rings (SSSR count). The van der Waals surface area contributed by atoms with Crippen LogP contribution in [0.4, 0.5) is 0 Å². The Morgan fingerprint density at radius 3 is 2.38 bits per heavy atom. The second kappa shape index (κ2) is 13.9. The zero-order valence-corrected chi connectivity index (χ0v) is 17.0. The first-order valence-corrected chi connectivity index (χ1v) is 9.31. The van der Waals surface area contributed by atoms with E-state index in [0.717, 1.165) is 25.0 Å². The number of piperidine rings is 1. The molecule has 1 heterocycles. The predicted molar refractivity (Wildman–Crippen MR) is 107 cm³/mol. The lowest BCUT2D eigenvalue weighted by atomic mass is 9.99. The van der Waals surface area contributed by atoms with Crippen molar-refractivity contribution in [3.63, 3.8) is 0 Å². The van der Waals surface area contributed by atoms with Crippen LogP contribution in [0, 0.1) is 5.92 Å². The van der Waals surface area contributed by atoms with Crippen LogP contribution < -0.4 is 10.6 Å². The highest BCUT2D eigenvalue weighted by Gasteiger charge is 2.14. The monoisotopic (exact) mass is 428 g/mol. The number of nitrogens with zero attached hydrogens (tertiary/aromatic N) is 2. The van der Waals surface area contributed by atoms with Gasteiger partial charge in [0, 0.05) is 20.1 Å². The van der Waals surface area contributed by atoms with Gasteiger partial charge in [0.05, 0.1) is 0 Å². The zero-order chi connectivity index (χ0) is 14.6. The molecule has 0 atom stereocenters. The molecule has 0 aliphatic carbocycles. The summed E-state index contributed by atoms with van der Waals surface area (Å²) in [7, 11) is 1.84. The maximum Gasteiger partial charge on any atom is 0.190 e. The van der Waals surface area contributed by atoms with Gasteiger partial charge >= 0.3 is 0 Å². The molecule has 0 aromatic rings. The lowest BCUT2D eigenvalue weighted by Crippen LogP contribution is -2.40. The van der Waals surface area contributed by atoms with Crippen LogP contribution in [0.15, 0.2) is 4.99 Å². The Labute approximate surface area is 152 Å². The number of likely N-dealkylation sites (tertiary alicyclic amines) is 1. The molecule has 2 N–H and O–H groups in total. The van der Waals surface area contributed by atoms with Gasteiger partial charge in [-0.25, -0.2) is 0 Å². The van der Waals surface area contributed by atoms with Crippen molar-refractivity contribution < 1.29 is 0 Å². The van der Waals surface area contributed by atoms with Crippen LogP contribution in [0.1, 0.15) is 32.6 Å². The van der Waals surface area contributed by atoms with Crippen molar-refractivity contribution in [2.75, 3.05) is 51.8 Å². The Hall–Kier alpha value is 0.310. The van der Waals surface area contributed by atoms with Crippen LogP contribution in [-0.4, -0.2) is 62.6 Å². The quantitative estimate of drug-likeness (QED) is 0.270. The molecule has 0 aromatic heterocycles. The summed E-state index contributed by atoms with van der Waals surface area (Å²) in [5.74, 6) is 3.07. The third-order valence-corrected chi connectivity index (χ3v) is 4.56.